The van der Waals surface area contributed by atoms with E-state index in [0.29, 0.717) is 18.9 Å². The Balaban J connectivity index is 2.64. The van der Waals surface area contributed by atoms with Gasteiger partial charge in [-0.3, -0.25) is 4.79 Å². The molecule has 0 spiro atoms. The number of aromatic nitrogens is 1. The number of halogens is 1. The Kier molecular flexibility index (Phi) is 6.15. The topological polar surface area (TPSA) is 63.0 Å². The lowest BCUT2D eigenvalue weighted by molar-refractivity contribution is -0.145. The lowest BCUT2D eigenvalue weighted by Crippen LogP contribution is -2.22. The zero-order chi connectivity index (χ0) is 15.2. The highest BCUT2D eigenvalue weighted by molar-refractivity contribution is 9.10. The van der Waals surface area contributed by atoms with Gasteiger partial charge in [0.15, 0.2) is 0 Å². The summed E-state index contributed by atoms with van der Waals surface area (Å²) in [6, 6.07) is 5.91. The van der Waals surface area contributed by atoms with Crippen LogP contribution in [0, 0.1) is 17.2 Å². The fourth-order valence-corrected chi connectivity index (χ4v) is 1.89. The fourth-order valence-electron chi connectivity index (χ4n) is 1.65. The number of esters is 1. The minimum absolute atomic E-state index is 0.229. The zero-order valence-corrected chi connectivity index (χ0v) is 13.6. The van der Waals surface area contributed by atoms with Crippen molar-refractivity contribution in [2.45, 2.75) is 39.0 Å². The molecule has 1 unspecified atom stereocenters. The van der Waals surface area contributed by atoms with Gasteiger partial charge >= 0.3 is 5.97 Å². The standard InChI is InChI=1S/C15H19BrN2O2/c1-11(2)9-20-14(19)6-7-15(3,10-17)12-4-5-13(16)18-8-12/h4-5,8,11H,6-7,9H2,1-3H3. The first-order chi connectivity index (χ1) is 9.37. The van der Waals surface area contributed by atoms with Crippen molar-refractivity contribution in [3.8, 4) is 6.07 Å². The van der Waals surface area contributed by atoms with Crippen LogP contribution in [0.15, 0.2) is 22.9 Å². The summed E-state index contributed by atoms with van der Waals surface area (Å²) in [4.78, 5) is 15.8. The molecule has 108 valence electrons. The molecule has 1 aromatic heterocycles. The summed E-state index contributed by atoms with van der Waals surface area (Å²) >= 11 is 3.26. The van der Waals surface area contributed by atoms with Crippen LogP contribution in [-0.2, 0) is 14.9 Å². The molecule has 1 atom stereocenters. The molecule has 0 amide bonds. The second-order valence-electron chi connectivity index (χ2n) is 5.39. The van der Waals surface area contributed by atoms with Gasteiger partial charge in [-0.25, -0.2) is 4.98 Å². The molecule has 20 heavy (non-hydrogen) atoms. The maximum absolute atomic E-state index is 11.6. The van der Waals surface area contributed by atoms with E-state index in [0.717, 1.165) is 10.2 Å². The maximum atomic E-state index is 11.6. The Morgan fingerprint density at radius 2 is 2.25 bits per heavy atom. The highest BCUT2D eigenvalue weighted by Gasteiger charge is 2.28. The molecule has 1 rings (SSSR count). The molecule has 0 N–H and O–H groups in total. The number of carbonyl (C=O) groups is 1. The molecule has 0 aliphatic heterocycles. The van der Waals surface area contributed by atoms with Crippen LogP contribution in [0.1, 0.15) is 39.2 Å². The van der Waals surface area contributed by atoms with Crippen molar-refractivity contribution < 1.29 is 9.53 Å². The van der Waals surface area contributed by atoms with E-state index in [9.17, 15) is 10.1 Å². The van der Waals surface area contributed by atoms with Gasteiger partial charge in [-0.15, -0.1) is 0 Å². The van der Waals surface area contributed by atoms with Gasteiger partial charge in [0.05, 0.1) is 18.1 Å². The normalized spacial score (nSPS) is 13.6. The number of nitrogens with zero attached hydrogens (tertiary/aromatic N) is 2. The van der Waals surface area contributed by atoms with Crippen molar-refractivity contribution in [3.63, 3.8) is 0 Å². The van der Waals surface area contributed by atoms with Crippen molar-refractivity contribution in [2.75, 3.05) is 6.61 Å². The number of ether oxygens (including phenoxy) is 1. The van der Waals surface area contributed by atoms with E-state index in [-0.39, 0.29) is 12.4 Å². The lowest BCUT2D eigenvalue weighted by atomic mass is 9.81. The second-order valence-corrected chi connectivity index (χ2v) is 6.20. The Bertz CT molecular complexity index is 494. The van der Waals surface area contributed by atoms with E-state index in [4.69, 9.17) is 4.74 Å². The zero-order valence-electron chi connectivity index (χ0n) is 12.0. The van der Waals surface area contributed by atoms with Crippen molar-refractivity contribution in [2.24, 2.45) is 5.92 Å². The molecule has 0 fully saturated rings. The summed E-state index contributed by atoms with van der Waals surface area (Å²) < 4.78 is 5.85. The predicted octanol–water partition coefficient (Wildman–Crippen LogP) is 3.60. The van der Waals surface area contributed by atoms with Crippen molar-refractivity contribution in [1.29, 1.82) is 5.26 Å². The summed E-state index contributed by atoms with van der Waals surface area (Å²) in [7, 11) is 0. The minimum atomic E-state index is -0.732. The van der Waals surface area contributed by atoms with Crippen molar-refractivity contribution in [1.82, 2.24) is 4.98 Å². The van der Waals surface area contributed by atoms with Crippen LogP contribution in [-0.4, -0.2) is 17.6 Å². The number of hydrogen-bond acceptors (Lipinski definition) is 4. The average Bonchev–Trinajstić information content (AvgIpc) is 2.43. The van der Waals surface area contributed by atoms with E-state index < -0.39 is 5.41 Å². The highest BCUT2D eigenvalue weighted by Crippen LogP contribution is 2.28. The predicted molar refractivity (Wildman–Crippen MR) is 79.9 cm³/mol. The number of rotatable bonds is 6. The molecule has 0 saturated heterocycles. The van der Waals surface area contributed by atoms with Gasteiger partial charge in [-0.2, -0.15) is 5.26 Å². The summed E-state index contributed by atoms with van der Waals surface area (Å²) in [6.07, 6.45) is 2.31. The first kappa shape index (κ1) is 16.6. The van der Waals surface area contributed by atoms with Crippen LogP contribution in [0.4, 0.5) is 0 Å². The second kappa shape index (κ2) is 7.39. The van der Waals surface area contributed by atoms with Gasteiger partial charge in [-0.1, -0.05) is 19.9 Å². The van der Waals surface area contributed by atoms with Crippen LogP contribution in [0.5, 0.6) is 0 Å². The Hall–Kier alpha value is -1.41. The molecule has 4 nitrogen and oxygen atoms in total. The molecule has 0 saturated carbocycles. The maximum Gasteiger partial charge on any atom is 0.305 e. The van der Waals surface area contributed by atoms with Crippen LogP contribution in [0.25, 0.3) is 0 Å². The molecule has 0 aliphatic rings. The number of carbonyl (C=O) groups excluding carboxylic acids is 1. The number of nitriles is 1. The lowest BCUT2D eigenvalue weighted by Gasteiger charge is -2.21. The van der Waals surface area contributed by atoms with Crippen LogP contribution >= 0.6 is 15.9 Å². The molecule has 5 heteroatoms. The van der Waals surface area contributed by atoms with Crippen molar-refractivity contribution in [3.05, 3.63) is 28.5 Å². The first-order valence-electron chi connectivity index (χ1n) is 6.56. The van der Waals surface area contributed by atoms with Gasteiger partial charge in [0.1, 0.15) is 4.60 Å². The van der Waals surface area contributed by atoms with Gasteiger partial charge in [-0.05, 0) is 46.8 Å². The Morgan fingerprint density at radius 1 is 1.55 bits per heavy atom. The van der Waals surface area contributed by atoms with Crippen LogP contribution in [0.3, 0.4) is 0 Å². The van der Waals surface area contributed by atoms with E-state index in [1.54, 1.807) is 12.3 Å². The molecule has 0 bridgehead atoms. The monoisotopic (exact) mass is 338 g/mol. The summed E-state index contributed by atoms with van der Waals surface area (Å²) in [5.74, 6) is 0.0576. The fraction of sp³-hybridized carbons (Fsp3) is 0.533. The molecule has 0 aromatic carbocycles. The number of pyridine rings is 1. The Labute approximate surface area is 128 Å². The minimum Gasteiger partial charge on any atom is -0.465 e. The average molecular weight is 339 g/mol. The van der Waals surface area contributed by atoms with Gasteiger partial charge in [0.25, 0.3) is 0 Å². The third kappa shape index (κ3) is 4.93. The molecule has 1 aromatic rings. The molecule has 0 radical (unpaired) electrons. The molecular weight excluding hydrogens is 320 g/mol. The highest BCUT2D eigenvalue weighted by atomic mass is 79.9. The SMILES string of the molecule is CC(C)COC(=O)CCC(C)(C#N)c1ccc(Br)nc1. The van der Waals surface area contributed by atoms with E-state index in [1.165, 1.54) is 0 Å². The van der Waals surface area contributed by atoms with Gasteiger partial charge in [0.2, 0.25) is 0 Å². The third-order valence-electron chi connectivity index (χ3n) is 3.02. The smallest absolute Gasteiger partial charge is 0.305 e. The van der Waals surface area contributed by atoms with Crippen LogP contribution < -0.4 is 0 Å². The molecule has 0 aliphatic carbocycles. The number of hydrogen-bond donors (Lipinski definition) is 0. The summed E-state index contributed by atoms with van der Waals surface area (Å²) in [5.41, 5.74) is 0.0738. The van der Waals surface area contributed by atoms with Gasteiger partial charge in [0, 0.05) is 12.6 Å². The molecular formula is C15H19BrN2O2. The quantitative estimate of drug-likeness (QED) is 0.587. The van der Waals surface area contributed by atoms with Gasteiger partial charge < -0.3 is 4.74 Å². The summed E-state index contributed by atoms with van der Waals surface area (Å²) in [5, 5.41) is 9.40. The molecule has 1 heterocycles. The first-order valence-corrected chi connectivity index (χ1v) is 7.35. The third-order valence-corrected chi connectivity index (χ3v) is 3.49. The van der Waals surface area contributed by atoms with E-state index in [2.05, 4.69) is 27.0 Å². The summed E-state index contributed by atoms with van der Waals surface area (Å²) in [6.45, 7) is 6.20. The van der Waals surface area contributed by atoms with E-state index in [1.807, 2.05) is 26.8 Å². The van der Waals surface area contributed by atoms with Crippen molar-refractivity contribution >= 4 is 21.9 Å². The Morgan fingerprint density at radius 3 is 2.75 bits per heavy atom. The van der Waals surface area contributed by atoms with E-state index >= 15 is 0 Å². The van der Waals surface area contributed by atoms with Crippen LogP contribution in [0.2, 0.25) is 0 Å². The largest absolute Gasteiger partial charge is 0.465 e.